The molecule has 2 aliphatic heterocycles. The predicted octanol–water partition coefficient (Wildman–Crippen LogP) is 1.40. The van der Waals surface area contributed by atoms with Crippen molar-refractivity contribution in [3.05, 3.63) is 11.7 Å². The van der Waals surface area contributed by atoms with Gasteiger partial charge in [-0.25, -0.2) is 0 Å². The Bertz CT molecular complexity index is 539. The minimum Gasteiger partial charge on any atom is -0.380 e. The summed E-state index contributed by atoms with van der Waals surface area (Å²) < 4.78 is 10.8. The summed E-state index contributed by atoms with van der Waals surface area (Å²) in [7, 11) is 1.70. The average Bonchev–Trinajstić information content (AvgIpc) is 3.27. The van der Waals surface area contributed by atoms with Gasteiger partial charge in [0.25, 0.3) is 0 Å². The number of carbonyl (C=O) groups excluding carboxylic acids is 1. The normalized spacial score (nSPS) is 25.7. The molecular formula is C16H26N4O3. The van der Waals surface area contributed by atoms with Gasteiger partial charge in [0.1, 0.15) is 0 Å². The van der Waals surface area contributed by atoms with Gasteiger partial charge in [0.15, 0.2) is 5.82 Å². The second-order valence-electron chi connectivity index (χ2n) is 6.77. The van der Waals surface area contributed by atoms with Crippen molar-refractivity contribution in [2.45, 2.75) is 57.7 Å². The van der Waals surface area contributed by atoms with Crippen LogP contribution >= 0.6 is 0 Å². The van der Waals surface area contributed by atoms with Gasteiger partial charge in [0, 0.05) is 32.7 Å². The standard InChI is InChI=1S/C16H26N4O3/c1-11(2)15-17-14(23-18-15)10-20-9-12(22-3)8-13(20)16(21)19-6-4-5-7-19/h11-13H,4-10H2,1-3H3/t12-,13-/m0/s1. The molecule has 128 valence electrons. The molecule has 0 saturated carbocycles. The summed E-state index contributed by atoms with van der Waals surface area (Å²) in [6.45, 7) is 7.04. The maximum atomic E-state index is 12.8. The number of likely N-dealkylation sites (tertiary alicyclic amines) is 2. The molecule has 1 amide bonds. The molecule has 0 aliphatic carbocycles. The molecule has 3 rings (SSSR count). The molecule has 0 radical (unpaired) electrons. The number of carbonyl (C=O) groups is 1. The van der Waals surface area contributed by atoms with Crippen LogP contribution in [0.15, 0.2) is 4.52 Å². The summed E-state index contributed by atoms with van der Waals surface area (Å²) in [5, 5.41) is 4.00. The molecule has 0 N–H and O–H groups in total. The van der Waals surface area contributed by atoms with Crippen LogP contribution in [0.4, 0.5) is 0 Å². The Balaban J connectivity index is 1.70. The van der Waals surface area contributed by atoms with E-state index in [0.29, 0.717) is 18.3 Å². The van der Waals surface area contributed by atoms with Gasteiger partial charge in [-0.2, -0.15) is 4.98 Å². The minimum absolute atomic E-state index is 0.0824. The summed E-state index contributed by atoms with van der Waals surface area (Å²) in [5.74, 6) is 1.74. The van der Waals surface area contributed by atoms with Crippen LogP contribution in [-0.2, 0) is 16.1 Å². The molecule has 0 spiro atoms. The minimum atomic E-state index is -0.146. The number of methoxy groups -OCH3 is 1. The largest absolute Gasteiger partial charge is 0.380 e. The first kappa shape index (κ1) is 16.4. The van der Waals surface area contributed by atoms with E-state index in [1.807, 2.05) is 18.7 Å². The maximum Gasteiger partial charge on any atom is 0.240 e. The van der Waals surface area contributed by atoms with Gasteiger partial charge in [0.05, 0.1) is 18.7 Å². The third-order valence-corrected chi connectivity index (χ3v) is 4.74. The van der Waals surface area contributed by atoms with Gasteiger partial charge in [-0.15, -0.1) is 0 Å². The van der Waals surface area contributed by atoms with Crippen LogP contribution in [0.25, 0.3) is 0 Å². The van der Waals surface area contributed by atoms with Crippen LogP contribution in [0.5, 0.6) is 0 Å². The van der Waals surface area contributed by atoms with Crippen molar-refractivity contribution >= 4 is 5.91 Å². The van der Waals surface area contributed by atoms with E-state index in [-0.39, 0.29) is 24.0 Å². The van der Waals surface area contributed by atoms with Crippen LogP contribution in [0, 0.1) is 0 Å². The van der Waals surface area contributed by atoms with Crippen molar-refractivity contribution in [1.82, 2.24) is 19.9 Å². The number of amides is 1. The number of ether oxygens (including phenoxy) is 1. The number of nitrogens with zero attached hydrogens (tertiary/aromatic N) is 4. The average molecular weight is 322 g/mol. The van der Waals surface area contributed by atoms with Crippen molar-refractivity contribution in [1.29, 1.82) is 0 Å². The van der Waals surface area contributed by atoms with Crippen molar-refractivity contribution in [3.8, 4) is 0 Å². The Morgan fingerprint density at radius 1 is 1.39 bits per heavy atom. The molecule has 2 fully saturated rings. The fourth-order valence-electron chi connectivity index (χ4n) is 3.35. The van der Waals surface area contributed by atoms with Crippen molar-refractivity contribution in [2.24, 2.45) is 0 Å². The lowest BCUT2D eigenvalue weighted by atomic mass is 10.1. The van der Waals surface area contributed by atoms with Gasteiger partial charge in [0.2, 0.25) is 11.8 Å². The van der Waals surface area contributed by atoms with Gasteiger partial charge < -0.3 is 14.2 Å². The second-order valence-corrected chi connectivity index (χ2v) is 6.77. The molecule has 0 unspecified atom stereocenters. The highest BCUT2D eigenvalue weighted by molar-refractivity contribution is 5.82. The molecule has 3 heterocycles. The van der Waals surface area contributed by atoms with Crippen LogP contribution in [0.1, 0.15) is 50.7 Å². The number of hydrogen-bond acceptors (Lipinski definition) is 6. The monoisotopic (exact) mass is 322 g/mol. The molecule has 2 atom stereocenters. The molecule has 23 heavy (non-hydrogen) atoms. The third kappa shape index (κ3) is 3.55. The first-order chi connectivity index (χ1) is 11.1. The fraction of sp³-hybridized carbons (Fsp3) is 0.812. The van der Waals surface area contributed by atoms with E-state index in [4.69, 9.17) is 9.26 Å². The highest BCUT2D eigenvalue weighted by Gasteiger charge is 2.40. The predicted molar refractivity (Wildman–Crippen MR) is 83.8 cm³/mol. The van der Waals surface area contributed by atoms with Crippen LogP contribution in [0.2, 0.25) is 0 Å². The number of rotatable bonds is 5. The lowest BCUT2D eigenvalue weighted by Crippen LogP contribution is -2.44. The summed E-state index contributed by atoms with van der Waals surface area (Å²) in [4.78, 5) is 21.3. The molecule has 7 nitrogen and oxygen atoms in total. The Labute approximate surface area is 137 Å². The van der Waals surface area contributed by atoms with Crippen LogP contribution in [-0.4, -0.2) is 64.7 Å². The van der Waals surface area contributed by atoms with Crippen LogP contribution < -0.4 is 0 Å². The Hall–Kier alpha value is -1.47. The summed E-state index contributed by atoms with van der Waals surface area (Å²) in [5.41, 5.74) is 0. The van der Waals surface area contributed by atoms with Crippen molar-refractivity contribution in [2.75, 3.05) is 26.7 Å². The smallest absolute Gasteiger partial charge is 0.240 e. The topological polar surface area (TPSA) is 71.7 Å². The molecule has 2 aliphatic rings. The summed E-state index contributed by atoms with van der Waals surface area (Å²) in [6.07, 6.45) is 3.03. The van der Waals surface area contributed by atoms with E-state index >= 15 is 0 Å². The third-order valence-electron chi connectivity index (χ3n) is 4.74. The highest BCUT2D eigenvalue weighted by Crippen LogP contribution is 2.25. The van der Waals surface area contributed by atoms with Crippen molar-refractivity contribution < 1.29 is 14.1 Å². The first-order valence-electron chi connectivity index (χ1n) is 8.46. The summed E-state index contributed by atoms with van der Waals surface area (Å²) >= 11 is 0. The summed E-state index contributed by atoms with van der Waals surface area (Å²) in [6, 6.07) is -0.146. The fourth-order valence-corrected chi connectivity index (χ4v) is 3.35. The zero-order valence-corrected chi connectivity index (χ0v) is 14.2. The quantitative estimate of drug-likeness (QED) is 0.816. The molecule has 1 aromatic rings. The van der Waals surface area contributed by atoms with E-state index in [1.54, 1.807) is 7.11 Å². The maximum absolute atomic E-state index is 12.8. The van der Waals surface area contributed by atoms with E-state index in [0.717, 1.165) is 38.9 Å². The Morgan fingerprint density at radius 3 is 2.74 bits per heavy atom. The molecule has 2 saturated heterocycles. The SMILES string of the molecule is CO[C@H]1C[C@@H](C(=O)N2CCCC2)N(Cc2nc(C(C)C)no2)C1. The molecule has 0 bridgehead atoms. The molecule has 0 aromatic carbocycles. The molecule has 1 aromatic heterocycles. The Morgan fingerprint density at radius 2 is 2.13 bits per heavy atom. The second kappa shape index (κ2) is 6.97. The highest BCUT2D eigenvalue weighted by atomic mass is 16.5. The lowest BCUT2D eigenvalue weighted by molar-refractivity contribution is -0.135. The van der Waals surface area contributed by atoms with Gasteiger partial charge >= 0.3 is 0 Å². The van der Waals surface area contributed by atoms with Gasteiger partial charge in [-0.1, -0.05) is 19.0 Å². The van der Waals surface area contributed by atoms with Crippen molar-refractivity contribution in [3.63, 3.8) is 0 Å². The lowest BCUT2D eigenvalue weighted by Gasteiger charge is -2.26. The molecular weight excluding hydrogens is 296 g/mol. The first-order valence-corrected chi connectivity index (χ1v) is 8.46. The van der Waals surface area contributed by atoms with E-state index in [1.165, 1.54) is 0 Å². The Kier molecular flexibility index (Phi) is 4.96. The van der Waals surface area contributed by atoms with E-state index < -0.39 is 0 Å². The van der Waals surface area contributed by atoms with Gasteiger partial charge in [-0.05, 0) is 19.3 Å². The van der Waals surface area contributed by atoms with Gasteiger partial charge in [-0.3, -0.25) is 9.69 Å². The van der Waals surface area contributed by atoms with Crippen LogP contribution in [0.3, 0.4) is 0 Å². The van der Waals surface area contributed by atoms with E-state index in [2.05, 4.69) is 15.0 Å². The number of hydrogen-bond donors (Lipinski definition) is 0. The molecule has 7 heteroatoms. The zero-order chi connectivity index (χ0) is 16.4. The number of aromatic nitrogens is 2. The van der Waals surface area contributed by atoms with E-state index in [9.17, 15) is 4.79 Å². The zero-order valence-electron chi connectivity index (χ0n) is 14.2.